The highest BCUT2D eigenvalue weighted by Gasteiger charge is 2.42. The van der Waals surface area contributed by atoms with E-state index in [-0.39, 0.29) is 30.7 Å². The number of sulfonamides is 1. The van der Waals surface area contributed by atoms with Crippen molar-refractivity contribution in [3.05, 3.63) is 63.9 Å². The zero-order chi connectivity index (χ0) is 26.2. The van der Waals surface area contributed by atoms with Crippen molar-refractivity contribution in [2.75, 3.05) is 44.2 Å². The second kappa shape index (κ2) is 10.7. The number of benzene rings is 2. The average molecular weight is 536 g/mol. The predicted octanol–water partition coefficient (Wildman–Crippen LogP) is 4.59. The molecular weight excluding hydrogens is 501 g/mol. The van der Waals surface area contributed by atoms with Gasteiger partial charge < -0.3 is 9.80 Å². The number of hydrogen-bond acceptors (Lipinski definition) is 4. The number of carbonyl (C=O) groups is 1. The number of rotatable bonds is 5. The van der Waals surface area contributed by atoms with E-state index in [4.69, 9.17) is 11.6 Å². The predicted molar refractivity (Wildman–Crippen MR) is 143 cm³/mol. The minimum atomic E-state index is -3.53. The Morgan fingerprint density at radius 2 is 1.72 bits per heavy atom. The van der Waals surface area contributed by atoms with Crippen LogP contribution in [0.5, 0.6) is 0 Å². The number of piperidine rings is 1. The summed E-state index contributed by atoms with van der Waals surface area (Å²) < 4.78 is 42.3. The van der Waals surface area contributed by atoms with Crippen molar-refractivity contribution in [1.82, 2.24) is 9.21 Å². The second-order valence-electron chi connectivity index (χ2n) is 10.2. The van der Waals surface area contributed by atoms with Gasteiger partial charge >= 0.3 is 0 Å². The Morgan fingerprint density at radius 3 is 2.36 bits per heavy atom. The number of hydrogen-bond donors (Lipinski definition) is 0. The fourth-order valence-corrected chi connectivity index (χ4v) is 6.82. The van der Waals surface area contributed by atoms with Crippen molar-refractivity contribution in [1.29, 1.82) is 0 Å². The maximum absolute atomic E-state index is 15.0. The maximum atomic E-state index is 15.0. The van der Waals surface area contributed by atoms with Crippen molar-refractivity contribution in [3.63, 3.8) is 0 Å². The summed E-state index contributed by atoms with van der Waals surface area (Å²) >= 11 is 6.21. The van der Waals surface area contributed by atoms with Crippen LogP contribution in [0, 0.1) is 25.6 Å². The van der Waals surface area contributed by atoms with E-state index >= 15 is 4.39 Å². The second-order valence-corrected chi connectivity index (χ2v) is 13.1. The Morgan fingerprint density at radius 1 is 1.03 bits per heavy atom. The first-order valence-corrected chi connectivity index (χ1v) is 14.4. The molecule has 2 fully saturated rings. The number of amides is 1. The van der Waals surface area contributed by atoms with Crippen LogP contribution in [0.4, 0.5) is 10.1 Å². The van der Waals surface area contributed by atoms with E-state index in [1.165, 1.54) is 10.4 Å². The van der Waals surface area contributed by atoms with Crippen molar-refractivity contribution in [2.24, 2.45) is 5.92 Å². The maximum Gasteiger partial charge on any atom is 0.227 e. The van der Waals surface area contributed by atoms with Crippen LogP contribution in [0.15, 0.2) is 36.4 Å². The highest BCUT2D eigenvalue weighted by Crippen LogP contribution is 2.37. The Kier molecular flexibility index (Phi) is 7.98. The van der Waals surface area contributed by atoms with Gasteiger partial charge in [0.15, 0.2) is 0 Å². The Bertz CT molecular complexity index is 1230. The van der Waals surface area contributed by atoms with Crippen LogP contribution in [0.25, 0.3) is 0 Å². The van der Waals surface area contributed by atoms with Gasteiger partial charge in [-0.2, -0.15) is 0 Å². The van der Waals surface area contributed by atoms with Crippen molar-refractivity contribution < 1.29 is 17.6 Å². The SMILES string of the molecule is Cc1ccc(C2CCN(S(=O)(=O)C(C)C)CC2C(=O)N2CCN(c3cc(Cl)ccc3C)CC2)c(F)c1. The zero-order valence-corrected chi connectivity index (χ0v) is 22.9. The van der Waals surface area contributed by atoms with E-state index in [1.807, 2.05) is 43.0 Å². The number of piperazine rings is 1. The summed E-state index contributed by atoms with van der Waals surface area (Å²) in [5.74, 6) is -1.45. The van der Waals surface area contributed by atoms with Gasteiger partial charge in [0.2, 0.25) is 15.9 Å². The number of nitrogens with zero attached hydrogens (tertiary/aromatic N) is 3. The molecule has 4 rings (SSSR count). The number of halogens is 2. The van der Waals surface area contributed by atoms with Gasteiger partial charge in [-0.05, 0) is 69.0 Å². The summed E-state index contributed by atoms with van der Waals surface area (Å²) in [7, 11) is -3.53. The lowest BCUT2D eigenvalue weighted by Crippen LogP contribution is -2.55. The van der Waals surface area contributed by atoms with Gasteiger partial charge in [-0.25, -0.2) is 17.1 Å². The van der Waals surface area contributed by atoms with Gasteiger partial charge in [0.25, 0.3) is 0 Å². The van der Waals surface area contributed by atoms with Crippen LogP contribution in [-0.2, 0) is 14.8 Å². The summed E-state index contributed by atoms with van der Waals surface area (Å²) in [4.78, 5) is 17.9. The van der Waals surface area contributed by atoms with Crippen LogP contribution in [0.2, 0.25) is 5.02 Å². The first-order valence-electron chi connectivity index (χ1n) is 12.5. The van der Waals surface area contributed by atoms with Crippen LogP contribution >= 0.6 is 11.6 Å². The lowest BCUT2D eigenvalue weighted by molar-refractivity contribution is -0.137. The molecule has 0 aliphatic carbocycles. The molecule has 6 nitrogen and oxygen atoms in total. The summed E-state index contributed by atoms with van der Waals surface area (Å²) in [6, 6.07) is 10.9. The zero-order valence-electron chi connectivity index (χ0n) is 21.4. The van der Waals surface area contributed by atoms with E-state index in [1.54, 1.807) is 19.9 Å². The van der Waals surface area contributed by atoms with Crippen LogP contribution in [0.1, 0.15) is 42.9 Å². The van der Waals surface area contributed by atoms with Crippen molar-refractivity contribution >= 4 is 33.2 Å². The molecule has 196 valence electrons. The van der Waals surface area contributed by atoms with E-state index < -0.39 is 21.2 Å². The molecular formula is C27H35ClFN3O3S. The molecule has 2 saturated heterocycles. The molecule has 2 atom stereocenters. The average Bonchev–Trinajstić information content (AvgIpc) is 2.85. The van der Waals surface area contributed by atoms with Crippen LogP contribution in [-0.4, -0.2) is 68.0 Å². The molecule has 0 spiro atoms. The molecule has 36 heavy (non-hydrogen) atoms. The van der Waals surface area contributed by atoms with Gasteiger partial charge in [-0.3, -0.25) is 4.79 Å². The summed E-state index contributed by atoms with van der Waals surface area (Å²) in [5.41, 5.74) is 3.48. The summed E-state index contributed by atoms with van der Waals surface area (Å²) in [6.45, 7) is 9.85. The first-order chi connectivity index (χ1) is 17.0. The third-order valence-corrected chi connectivity index (χ3v) is 9.98. The topological polar surface area (TPSA) is 60.9 Å². The third kappa shape index (κ3) is 5.41. The minimum absolute atomic E-state index is 0.0744. The van der Waals surface area contributed by atoms with E-state index in [0.717, 1.165) is 16.8 Å². The quantitative estimate of drug-likeness (QED) is 0.562. The molecule has 2 aliphatic heterocycles. The fraction of sp³-hybridized carbons (Fsp3) is 0.519. The molecule has 9 heteroatoms. The number of carbonyl (C=O) groups excluding carboxylic acids is 1. The lowest BCUT2D eigenvalue weighted by Gasteiger charge is -2.42. The molecule has 2 unspecified atom stereocenters. The van der Waals surface area contributed by atoms with Gasteiger partial charge in [-0.1, -0.05) is 29.8 Å². The highest BCUT2D eigenvalue weighted by atomic mass is 35.5. The molecule has 0 saturated carbocycles. The monoisotopic (exact) mass is 535 g/mol. The van der Waals surface area contributed by atoms with Gasteiger partial charge in [0.1, 0.15) is 5.82 Å². The standard InChI is InChI=1S/C27H35ClFN3O3S/c1-18(2)36(34,35)32-10-9-22(23-8-5-19(3)15-25(23)29)24(17-32)27(33)31-13-11-30(12-14-31)26-16-21(28)7-6-20(26)4/h5-8,15-16,18,22,24H,9-14,17H2,1-4H3. The molecule has 0 radical (unpaired) electrons. The number of aryl methyl sites for hydroxylation is 2. The van der Waals surface area contributed by atoms with Crippen LogP contribution in [0.3, 0.4) is 0 Å². The molecule has 0 aromatic heterocycles. The highest BCUT2D eigenvalue weighted by molar-refractivity contribution is 7.89. The lowest BCUT2D eigenvalue weighted by atomic mass is 9.79. The molecule has 2 aromatic carbocycles. The van der Waals surface area contributed by atoms with Crippen LogP contribution < -0.4 is 4.90 Å². The van der Waals surface area contributed by atoms with Gasteiger partial charge in [-0.15, -0.1) is 0 Å². The van der Waals surface area contributed by atoms with Crippen molar-refractivity contribution in [3.8, 4) is 0 Å². The largest absolute Gasteiger partial charge is 0.368 e. The minimum Gasteiger partial charge on any atom is -0.368 e. The number of anilines is 1. The third-order valence-electron chi connectivity index (χ3n) is 7.51. The van der Waals surface area contributed by atoms with E-state index in [9.17, 15) is 13.2 Å². The first kappa shape index (κ1) is 26.9. The van der Waals surface area contributed by atoms with Crippen molar-refractivity contribution in [2.45, 2.75) is 45.3 Å². The molecule has 2 aromatic rings. The van der Waals surface area contributed by atoms with E-state index in [0.29, 0.717) is 43.2 Å². The van der Waals surface area contributed by atoms with Gasteiger partial charge in [0.05, 0.1) is 11.2 Å². The van der Waals surface area contributed by atoms with Gasteiger partial charge in [0, 0.05) is 55.9 Å². The Balaban J connectivity index is 1.57. The molecule has 0 bridgehead atoms. The molecule has 2 aliphatic rings. The smallest absolute Gasteiger partial charge is 0.227 e. The normalized spacial score (nSPS) is 21.8. The fourth-order valence-electron chi connectivity index (χ4n) is 5.33. The Hall–Kier alpha value is -2.16. The summed E-state index contributed by atoms with van der Waals surface area (Å²) in [5, 5.41) is 0.0936. The van der Waals surface area contributed by atoms with E-state index in [2.05, 4.69) is 4.90 Å². The Labute approximate surface area is 219 Å². The molecule has 0 N–H and O–H groups in total. The summed E-state index contributed by atoms with van der Waals surface area (Å²) in [6.07, 6.45) is 0.407. The molecule has 2 heterocycles. The molecule has 1 amide bonds.